The van der Waals surface area contributed by atoms with Gasteiger partial charge >= 0.3 is 5.97 Å². The van der Waals surface area contributed by atoms with Crippen LogP contribution in [-0.4, -0.2) is 37.1 Å². The van der Waals surface area contributed by atoms with Crippen LogP contribution < -0.4 is 9.46 Å². The fourth-order valence-corrected chi connectivity index (χ4v) is 3.71. The number of nitrogens with zero attached hydrogens (tertiary/aromatic N) is 1. The Morgan fingerprint density at radius 3 is 2.75 bits per heavy atom. The minimum atomic E-state index is -3.97. The first-order chi connectivity index (χ1) is 11.5. The van der Waals surface area contributed by atoms with E-state index < -0.39 is 22.0 Å². The van der Waals surface area contributed by atoms with E-state index in [1.165, 1.54) is 24.5 Å². The lowest BCUT2D eigenvalue weighted by atomic mass is 10.1. The highest BCUT2D eigenvalue weighted by Gasteiger charge is 2.27. The number of carbonyl (C=O) groups is 1. The summed E-state index contributed by atoms with van der Waals surface area (Å²) < 4.78 is 32.6. The van der Waals surface area contributed by atoms with E-state index in [-0.39, 0.29) is 11.3 Å². The Hall–Kier alpha value is -2.45. The molecule has 0 aliphatic carbocycles. The van der Waals surface area contributed by atoms with Gasteiger partial charge in [0.15, 0.2) is 0 Å². The van der Waals surface area contributed by atoms with Crippen molar-refractivity contribution in [2.24, 2.45) is 0 Å². The van der Waals surface area contributed by atoms with Crippen molar-refractivity contribution in [1.82, 2.24) is 9.71 Å². The van der Waals surface area contributed by atoms with Crippen LogP contribution in [0.25, 0.3) is 0 Å². The number of aromatic nitrogens is 1. The van der Waals surface area contributed by atoms with Crippen molar-refractivity contribution < 1.29 is 23.1 Å². The van der Waals surface area contributed by atoms with Crippen molar-refractivity contribution in [1.29, 1.82) is 0 Å². The molecule has 0 bridgehead atoms. The molecule has 0 radical (unpaired) electrons. The number of carboxylic acid groups (broad SMARTS) is 1. The highest BCUT2D eigenvalue weighted by molar-refractivity contribution is 7.89. The molecule has 7 nitrogen and oxygen atoms in total. The largest absolute Gasteiger partial charge is 0.493 e. The predicted molar refractivity (Wildman–Crippen MR) is 85.3 cm³/mol. The summed E-state index contributed by atoms with van der Waals surface area (Å²) in [6, 6.07) is 6.60. The molecule has 126 valence electrons. The van der Waals surface area contributed by atoms with Crippen LogP contribution in [0.1, 0.15) is 11.1 Å². The molecule has 3 rings (SSSR count). The first-order valence-electron chi connectivity index (χ1n) is 7.35. The van der Waals surface area contributed by atoms with Gasteiger partial charge in [0.25, 0.3) is 0 Å². The molecule has 1 aliphatic heterocycles. The lowest BCUT2D eigenvalue weighted by Crippen LogP contribution is -2.42. The number of nitrogens with one attached hydrogen (secondary N) is 1. The molecule has 0 spiro atoms. The highest BCUT2D eigenvalue weighted by Crippen LogP contribution is 2.28. The zero-order chi connectivity index (χ0) is 17.2. The molecule has 1 aromatic carbocycles. The smallest absolute Gasteiger partial charge is 0.322 e. The van der Waals surface area contributed by atoms with Gasteiger partial charge in [-0.3, -0.25) is 9.78 Å². The maximum atomic E-state index is 12.5. The third-order valence-electron chi connectivity index (χ3n) is 3.76. The molecule has 2 heterocycles. The first-order valence-corrected chi connectivity index (χ1v) is 8.84. The molecule has 24 heavy (non-hydrogen) atoms. The third kappa shape index (κ3) is 3.55. The van der Waals surface area contributed by atoms with Gasteiger partial charge in [0.05, 0.1) is 11.5 Å². The van der Waals surface area contributed by atoms with Crippen LogP contribution in [0.5, 0.6) is 5.75 Å². The van der Waals surface area contributed by atoms with Gasteiger partial charge in [0.2, 0.25) is 10.0 Å². The van der Waals surface area contributed by atoms with Crippen molar-refractivity contribution >= 4 is 16.0 Å². The van der Waals surface area contributed by atoms with Crippen LogP contribution in [0.2, 0.25) is 0 Å². The van der Waals surface area contributed by atoms with Crippen LogP contribution in [0.4, 0.5) is 0 Å². The van der Waals surface area contributed by atoms with Gasteiger partial charge in [0.1, 0.15) is 11.8 Å². The van der Waals surface area contributed by atoms with E-state index in [0.717, 1.165) is 12.0 Å². The molecule has 1 aliphatic rings. The van der Waals surface area contributed by atoms with Gasteiger partial charge in [0, 0.05) is 24.9 Å². The number of ether oxygens (including phenoxy) is 1. The number of rotatable bonds is 6. The standard InChI is InChI=1S/C16H16N2O5S/c19-16(20)14(9-11-3-6-17-7-4-11)18-24(21,22)13-2-1-12-5-8-23-15(12)10-13/h1-4,6-7,10,14,18H,5,8-9H2,(H,19,20). The van der Waals surface area contributed by atoms with Crippen molar-refractivity contribution in [3.05, 3.63) is 53.9 Å². The minimum absolute atomic E-state index is 0.0101. The summed E-state index contributed by atoms with van der Waals surface area (Å²) in [4.78, 5) is 15.3. The van der Waals surface area contributed by atoms with Crippen molar-refractivity contribution in [3.8, 4) is 5.75 Å². The molecular weight excluding hydrogens is 332 g/mol. The lowest BCUT2D eigenvalue weighted by molar-refractivity contribution is -0.138. The second-order valence-corrected chi connectivity index (χ2v) is 7.15. The minimum Gasteiger partial charge on any atom is -0.493 e. The molecule has 1 atom stereocenters. The Labute approximate surface area is 139 Å². The van der Waals surface area contributed by atoms with Crippen molar-refractivity contribution in [2.45, 2.75) is 23.8 Å². The molecule has 0 amide bonds. The zero-order valence-corrected chi connectivity index (χ0v) is 13.5. The van der Waals surface area contributed by atoms with Crippen molar-refractivity contribution in [2.75, 3.05) is 6.61 Å². The summed E-state index contributed by atoms with van der Waals surface area (Å²) >= 11 is 0. The molecule has 1 unspecified atom stereocenters. The van der Waals surface area contributed by atoms with Crippen LogP contribution in [0.15, 0.2) is 47.6 Å². The zero-order valence-electron chi connectivity index (χ0n) is 12.7. The molecule has 0 saturated heterocycles. The van der Waals surface area contributed by atoms with Gasteiger partial charge in [-0.2, -0.15) is 4.72 Å². The SMILES string of the molecule is O=C(O)C(Cc1ccncc1)NS(=O)(=O)c1ccc2c(c1)OCC2. The molecule has 0 saturated carbocycles. The molecular formula is C16H16N2O5S. The van der Waals surface area contributed by atoms with E-state index in [0.29, 0.717) is 17.9 Å². The van der Waals surface area contributed by atoms with Gasteiger partial charge in [-0.05, 0) is 35.7 Å². The Morgan fingerprint density at radius 2 is 2.04 bits per heavy atom. The molecule has 2 N–H and O–H groups in total. The quantitative estimate of drug-likeness (QED) is 0.806. The van der Waals surface area contributed by atoms with Gasteiger partial charge in [-0.15, -0.1) is 0 Å². The predicted octanol–water partition coefficient (Wildman–Crippen LogP) is 0.991. The molecule has 0 fully saturated rings. The lowest BCUT2D eigenvalue weighted by Gasteiger charge is -2.15. The van der Waals surface area contributed by atoms with Crippen LogP contribution >= 0.6 is 0 Å². The fourth-order valence-electron chi connectivity index (χ4n) is 2.50. The highest BCUT2D eigenvalue weighted by atomic mass is 32.2. The monoisotopic (exact) mass is 348 g/mol. The summed E-state index contributed by atoms with van der Waals surface area (Å²) in [7, 11) is -3.97. The molecule has 2 aromatic rings. The van der Waals surface area contributed by atoms with E-state index in [2.05, 4.69) is 9.71 Å². The van der Waals surface area contributed by atoms with Gasteiger partial charge in [-0.25, -0.2) is 8.42 Å². The maximum absolute atomic E-state index is 12.5. The number of carboxylic acids is 1. The van der Waals surface area contributed by atoms with E-state index in [9.17, 15) is 18.3 Å². The van der Waals surface area contributed by atoms with E-state index in [1.807, 2.05) is 0 Å². The van der Waals surface area contributed by atoms with E-state index in [4.69, 9.17) is 4.74 Å². The Bertz CT molecular complexity index is 852. The molecule has 8 heteroatoms. The normalized spacial score (nSPS) is 14.7. The summed E-state index contributed by atoms with van der Waals surface area (Å²) in [6.07, 6.45) is 3.82. The third-order valence-corrected chi connectivity index (χ3v) is 5.23. The summed E-state index contributed by atoms with van der Waals surface area (Å²) in [5.74, 6) is -0.716. The average molecular weight is 348 g/mol. The Morgan fingerprint density at radius 1 is 1.29 bits per heavy atom. The number of hydrogen-bond acceptors (Lipinski definition) is 5. The topological polar surface area (TPSA) is 106 Å². The number of fused-ring (bicyclic) bond motifs is 1. The second-order valence-electron chi connectivity index (χ2n) is 5.44. The Balaban J connectivity index is 1.82. The maximum Gasteiger partial charge on any atom is 0.322 e. The number of pyridine rings is 1. The number of benzene rings is 1. The van der Waals surface area contributed by atoms with Crippen LogP contribution in [0, 0.1) is 0 Å². The van der Waals surface area contributed by atoms with E-state index in [1.54, 1.807) is 18.2 Å². The van der Waals surface area contributed by atoms with Crippen molar-refractivity contribution in [3.63, 3.8) is 0 Å². The Kier molecular flexibility index (Phi) is 4.50. The number of sulfonamides is 1. The average Bonchev–Trinajstić information content (AvgIpc) is 3.02. The number of aliphatic carboxylic acids is 1. The second kappa shape index (κ2) is 6.58. The van der Waals surface area contributed by atoms with Gasteiger partial charge in [-0.1, -0.05) is 6.07 Å². The number of hydrogen-bond donors (Lipinski definition) is 2. The molecule has 1 aromatic heterocycles. The van der Waals surface area contributed by atoms with E-state index >= 15 is 0 Å². The summed E-state index contributed by atoms with van der Waals surface area (Å²) in [5, 5.41) is 9.33. The van der Waals surface area contributed by atoms with Crippen LogP contribution in [-0.2, 0) is 27.7 Å². The summed E-state index contributed by atoms with van der Waals surface area (Å²) in [5.41, 5.74) is 1.62. The summed E-state index contributed by atoms with van der Waals surface area (Å²) in [6.45, 7) is 0.520. The van der Waals surface area contributed by atoms with Gasteiger partial charge < -0.3 is 9.84 Å². The van der Waals surface area contributed by atoms with Crippen LogP contribution in [0.3, 0.4) is 0 Å². The fraction of sp³-hybridized carbons (Fsp3) is 0.250. The first kappa shape index (κ1) is 16.4.